The van der Waals surface area contributed by atoms with Gasteiger partial charge in [0.15, 0.2) is 5.13 Å². The van der Waals surface area contributed by atoms with Gasteiger partial charge in [0.2, 0.25) is 0 Å². The molecular formula is C20H20FN3OS. The number of benzene rings is 2. The van der Waals surface area contributed by atoms with Crippen LogP contribution in [0.5, 0.6) is 0 Å². The summed E-state index contributed by atoms with van der Waals surface area (Å²) in [6, 6.07) is 12.4. The van der Waals surface area contributed by atoms with E-state index in [1.165, 1.54) is 29.0 Å². The summed E-state index contributed by atoms with van der Waals surface area (Å²) >= 11 is 1.39. The van der Waals surface area contributed by atoms with E-state index in [0.29, 0.717) is 23.8 Å². The summed E-state index contributed by atoms with van der Waals surface area (Å²) < 4.78 is 12.9. The number of carbonyl (C=O) groups is 1. The standard InChI is InChI=1S/C20H20FN3OS/c1-13-3-8-17(14(2)11-13)23-20-24-18(12-26-20)19(25)22-10-9-15-4-6-16(21)7-5-15/h3-8,11-12H,9-10H2,1-2H3,(H,22,25)(H,23,24). The molecule has 0 saturated heterocycles. The van der Waals surface area contributed by atoms with E-state index in [0.717, 1.165) is 16.8 Å². The van der Waals surface area contributed by atoms with Gasteiger partial charge >= 0.3 is 0 Å². The fourth-order valence-corrected chi connectivity index (χ4v) is 3.27. The number of carbonyl (C=O) groups excluding carboxylic acids is 1. The van der Waals surface area contributed by atoms with Gasteiger partial charge in [-0.05, 0) is 49.6 Å². The highest BCUT2D eigenvalue weighted by atomic mass is 32.1. The molecule has 3 aromatic rings. The van der Waals surface area contributed by atoms with Crippen LogP contribution in [0.25, 0.3) is 0 Å². The van der Waals surface area contributed by atoms with Crippen LogP contribution in [0, 0.1) is 19.7 Å². The summed E-state index contributed by atoms with van der Waals surface area (Å²) in [5.74, 6) is -0.471. The van der Waals surface area contributed by atoms with E-state index >= 15 is 0 Å². The van der Waals surface area contributed by atoms with Crippen LogP contribution in [-0.4, -0.2) is 17.4 Å². The second-order valence-corrected chi connectivity index (χ2v) is 6.97. The van der Waals surface area contributed by atoms with Gasteiger partial charge in [0.25, 0.3) is 5.91 Å². The SMILES string of the molecule is Cc1ccc(Nc2nc(C(=O)NCCc3ccc(F)cc3)cs2)c(C)c1. The molecule has 1 heterocycles. The molecule has 0 spiro atoms. The molecule has 26 heavy (non-hydrogen) atoms. The molecule has 134 valence electrons. The molecule has 0 atom stereocenters. The van der Waals surface area contributed by atoms with Crippen molar-refractivity contribution in [1.82, 2.24) is 10.3 Å². The largest absolute Gasteiger partial charge is 0.350 e. The number of halogens is 1. The lowest BCUT2D eigenvalue weighted by Gasteiger charge is -2.07. The fraction of sp³-hybridized carbons (Fsp3) is 0.200. The van der Waals surface area contributed by atoms with Crippen LogP contribution in [-0.2, 0) is 6.42 Å². The molecule has 0 aliphatic carbocycles. The number of thiazole rings is 1. The Morgan fingerprint density at radius 2 is 1.92 bits per heavy atom. The van der Waals surface area contributed by atoms with Gasteiger partial charge in [-0.25, -0.2) is 9.37 Å². The molecule has 4 nitrogen and oxygen atoms in total. The number of nitrogens with zero attached hydrogens (tertiary/aromatic N) is 1. The van der Waals surface area contributed by atoms with E-state index in [4.69, 9.17) is 0 Å². The minimum absolute atomic E-state index is 0.211. The van der Waals surface area contributed by atoms with Crippen molar-refractivity contribution in [2.24, 2.45) is 0 Å². The molecule has 2 N–H and O–H groups in total. The van der Waals surface area contributed by atoms with Crippen molar-refractivity contribution in [1.29, 1.82) is 0 Å². The predicted octanol–water partition coefficient (Wildman–Crippen LogP) is 4.62. The molecule has 0 saturated carbocycles. The van der Waals surface area contributed by atoms with Crippen molar-refractivity contribution >= 4 is 28.1 Å². The molecule has 0 radical (unpaired) electrons. The first-order valence-electron chi connectivity index (χ1n) is 8.34. The molecule has 0 bridgehead atoms. The van der Waals surface area contributed by atoms with Crippen molar-refractivity contribution in [3.8, 4) is 0 Å². The van der Waals surface area contributed by atoms with E-state index in [2.05, 4.69) is 28.6 Å². The van der Waals surface area contributed by atoms with Crippen molar-refractivity contribution < 1.29 is 9.18 Å². The summed E-state index contributed by atoms with van der Waals surface area (Å²) in [7, 11) is 0. The zero-order chi connectivity index (χ0) is 18.5. The zero-order valence-electron chi connectivity index (χ0n) is 14.7. The summed E-state index contributed by atoms with van der Waals surface area (Å²) in [4.78, 5) is 16.6. The Morgan fingerprint density at radius 1 is 1.15 bits per heavy atom. The molecule has 2 aromatic carbocycles. The van der Waals surface area contributed by atoms with Crippen LogP contribution in [0.4, 0.5) is 15.2 Å². The minimum Gasteiger partial charge on any atom is -0.350 e. The number of hydrogen-bond donors (Lipinski definition) is 2. The van der Waals surface area contributed by atoms with E-state index in [1.807, 2.05) is 19.1 Å². The van der Waals surface area contributed by atoms with Crippen LogP contribution in [0.3, 0.4) is 0 Å². The Balaban J connectivity index is 1.55. The second-order valence-electron chi connectivity index (χ2n) is 6.11. The third-order valence-electron chi connectivity index (χ3n) is 3.97. The normalized spacial score (nSPS) is 10.6. The van der Waals surface area contributed by atoms with Crippen LogP contribution in [0.15, 0.2) is 47.8 Å². The van der Waals surface area contributed by atoms with E-state index in [-0.39, 0.29) is 11.7 Å². The van der Waals surface area contributed by atoms with Crippen LogP contribution < -0.4 is 10.6 Å². The number of rotatable bonds is 6. The smallest absolute Gasteiger partial charge is 0.270 e. The monoisotopic (exact) mass is 369 g/mol. The summed E-state index contributed by atoms with van der Waals surface area (Å²) in [5.41, 5.74) is 4.68. The second kappa shape index (κ2) is 8.10. The van der Waals surface area contributed by atoms with Gasteiger partial charge in [-0.15, -0.1) is 11.3 Å². The van der Waals surface area contributed by atoms with Gasteiger partial charge < -0.3 is 10.6 Å². The van der Waals surface area contributed by atoms with E-state index in [1.54, 1.807) is 17.5 Å². The number of anilines is 2. The first-order valence-corrected chi connectivity index (χ1v) is 9.21. The van der Waals surface area contributed by atoms with E-state index in [9.17, 15) is 9.18 Å². The first kappa shape index (κ1) is 18.1. The maximum atomic E-state index is 12.9. The number of amides is 1. The maximum Gasteiger partial charge on any atom is 0.270 e. The lowest BCUT2D eigenvalue weighted by atomic mass is 10.1. The van der Waals surface area contributed by atoms with Crippen molar-refractivity contribution in [3.05, 3.63) is 76.0 Å². The molecule has 6 heteroatoms. The highest BCUT2D eigenvalue weighted by Gasteiger charge is 2.11. The Kier molecular flexibility index (Phi) is 5.63. The average molecular weight is 369 g/mol. The third-order valence-corrected chi connectivity index (χ3v) is 4.73. The Hall–Kier alpha value is -2.73. The van der Waals surface area contributed by atoms with Gasteiger partial charge in [-0.2, -0.15) is 0 Å². The summed E-state index contributed by atoms with van der Waals surface area (Å²) in [6.07, 6.45) is 0.643. The molecule has 0 aliphatic heterocycles. The lowest BCUT2D eigenvalue weighted by molar-refractivity contribution is 0.0950. The number of hydrogen-bond acceptors (Lipinski definition) is 4. The summed E-state index contributed by atoms with van der Waals surface area (Å²) in [6.45, 7) is 4.56. The third kappa shape index (κ3) is 4.67. The molecule has 0 unspecified atom stereocenters. The van der Waals surface area contributed by atoms with Crippen LogP contribution >= 0.6 is 11.3 Å². The fourth-order valence-electron chi connectivity index (χ4n) is 2.57. The maximum absolute atomic E-state index is 12.9. The Bertz CT molecular complexity index is 906. The molecule has 3 rings (SSSR count). The van der Waals surface area contributed by atoms with Gasteiger partial charge in [-0.3, -0.25) is 4.79 Å². The van der Waals surface area contributed by atoms with Gasteiger partial charge in [0.05, 0.1) is 0 Å². The first-order chi connectivity index (χ1) is 12.5. The molecule has 1 aromatic heterocycles. The van der Waals surface area contributed by atoms with E-state index < -0.39 is 0 Å². The Morgan fingerprint density at radius 3 is 2.65 bits per heavy atom. The van der Waals surface area contributed by atoms with Crippen molar-refractivity contribution in [2.45, 2.75) is 20.3 Å². The van der Waals surface area contributed by atoms with Crippen LogP contribution in [0.1, 0.15) is 27.2 Å². The summed E-state index contributed by atoms with van der Waals surface area (Å²) in [5, 5.41) is 8.51. The number of aromatic nitrogens is 1. The highest BCUT2D eigenvalue weighted by Crippen LogP contribution is 2.24. The molecule has 0 fully saturated rings. The predicted molar refractivity (Wildman–Crippen MR) is 104 cm³/mol. The van der Waals surface area contributed by atoms with Gasteiger partial charge in [-0.1, -0.05) is 29.8 Å². The number of nitrogens with one attached hydrogen (secondary N) is 2. The lowest BCUT2D eigenvalue weighted by Crippen LogP contribution is -2.26. The molecule has 1 amide bonds. The number of aryl methyl sites for hydroxylation is 2. The van der Waals surface area contributed by atoms with Crippen LogP contribution in [0.2, 0.25) is 0 Å². The molecule has 0 aliphatic rings. The van der Waals surface area contributed by atoms with Gasteiger partial charge in [0.1, 0.15) is 11.5 Å². The van der Waals surface area contributed by atoms with Crippen molar-refractivity contribution in [2.75, 3.05) is 11.9 Å². The zero-order valence-corrected chi connectivity index (χ0v) is 15.5. The minimum atomic E-state index is -0.260. The van der Waals surface area contributed by atoms with Crippen molar-refractivity contribution in [3.63, 3.8) is 0 Å². The quantitative estimate of drug-likeness (QED) is 0.667. The topological polar surface area (TPSA) is 54.0 Å². The highest BCUT2D eigenvalue weighted by molar-refractivity contribution is 7.14. The average Bonchev–Trinajstić information content (AvgIpc) is 3.08. The Labute approximate surface area is 156 Å². The van der Waals surface area contributed by atoms with Gasteiger partial charge in [0, 0.05) is 17.6 Å². The molecular weight excluding hydrogens is 349 g/mol.